The number of carbonyl (C=O) groups is 1. The van der Waals surface area contributed by atoms with E-state index in [4.69, 9.17) is 4.74 Å². The highest BCUT2D eigenvalue weighted by molar-refractivity contribution is 9.10. The highest BCUT2D eigenvalue weighted by Gasteiger charge is 2.23. The van der Waals surface area contributed by atoms with Crippen molar-refractivity contribution in [3.05, 3.63) is 22.4 Å². The molecule has 1 aromatic rings. The number of nitrogens with one attached hydrogen (secondary N) is 1. The minimum atomic E-state index is -0.303. The number of aromatic nitrogens is 1. The Bertz CT molecular complexity index is 403. The van der Waals surface area contributed by atoms with Crippen LogP contribution >= 0.6 is 15.9 Å². The fourth-order valence-electron chi connectivity index (χ4n) is 1.66. The lowest BCUT2D eigenvalue weighted by Crippen LogP contribution is -2.27. The van der Waals surface area contributed by atoms with Crippen LogP contribution in [-0.2, 0) is 9.53 Å². The van der Waals surface area contributed by atoms with Crippen LogP contribution in [0.25, 0.3) is 0 Å². The van der Waals surface area contributed by atoms with E-state index in [0.29, 0.717) is 6.61 Å². The van der Waals surface area contributed by atoms with Gasteiger partial charge in [0.15, 0.2) is 0 Å². The predicted octanol–water partition coefficient (Wildman–Crippen LogP) is 2.27. The normalized spacial score (nSPS) is 19.8. The Morgan fingerprint density at radius 1 is 1.62 bits per heavy atom. The minimum absolute atomic E-state index is 0.0790. The van der Waals surface area contributed by atoms with E-state index >= 15 is 0 Å². The summed E-state index contributed by atoms with van der Waals surface area (Å²) in [6.45, 7) is 2.53. The van der Waals surface area contributed by atoms with E-state index in [1.807, 2.05) is 13.0 Å². The molecule has 1 aromatic heterocycles. The number of carbonyl (C=O) groups excluding carboxylic acids is 1. The molecule has 1 aliphatic heterocycles. The van der Waals surface area contributed by atoms with Crippen LogP contribution in [0.1, 0.15) is 18.5 Å². The van der Waals surface area contributed by atoms with E-state index in [1.165, 1.54) is 0 Å². The Kier molecular flexibility index (Phi) is 3.56. The van der Waals surface area contributed by atoms with Gasteiger partial charge in [-0.2, -0.15) is 0 Å². The molecule has 1 fully saturated rings. The molecule has 4 nitrogen and oxygen atoms in total. The summed E-state index contributed by atoms with van der Waals surface area (Å²) in [6, 6.07) is 3.64. The quantitative estimate of drug-likeness (QED) is 0.848. The predicted molar refractivity (Wildman–Crippen MR) is 64.3 cm³/mol. The number of ether oxygens (including phenoxy) is 1. The first-order valence-electron chi connectivity index (χ1n) is 5.22. The summed E-state index contributed by atoms with van der Waals surface area (Å²) in [5, 5.41) is 2.83. The van der Waals surface area contributed by atoms with Crippen molar-refractivity contribution in [3.63, 3.8) is 0 Å². The first kappa shape index (κ1) is 11.5. The maximum atomic E-state index is 11.8. The second kappa shape index (κ2) is 4.93. The van der Waals surface area contributed by atoms with Crippen molar-refractivity contribution < 1.29 is 9.53 Å². The zero-order chi connectivity index (χ0) is 11.5. The number of anilines is 1. The van der Waals surface area contributed by atoms with Crippen LogP contribution in [0.4, 0.5) is 5.69 Å². The largest absolute Gasteiger partial charge is 0.368 e. The summed E-state index contributed by atoms with van der Waals surface area (Å²) in [6.07, 6.45) is 1.45. The van der Waals surface area contributed by atoms with Crippen molar-refractivity contribution >= 4 is 27.5 Å². The number of nitrogens with zero attached hydrogens (tertiary/aromatic N) is 1. The Balaban J connectivity index is 2.05. The molecule has 1 N–H and O–H groups in total. The Hall–Kier alpha value is -0.940. The summed E-state index contributed by atoms with van der Waals surface area (Å²) in [4.78, 5) is 16.0. The van der Waals surface area contributed by atoms with E-state index < -0.39 is 0 Å². The third-order valence-corrected chi connectivity index (χ3v) is 2.97. The Morgan fingerprint density at radius 2 is 2.44 bits per heavy atom. The average molecular weight is 285 g/mol. The molecule has 0 aliphatic carbocycles. The number of hydrogen-bond acceptors (Lipinski definition) is 3. The number of pyridine rings is 1. The fraction of sp³-hybridized carbons (Fsp3) is 0.455. The first-order valence-corrected chi connectivity index (χ1v) is 6.02. The van der Waals surface area contributed by atoms with Gasteiger partial charge in [-0.1, -0.05) is 0 Å². The summed E-state index contributed by atoms with van der Waals surface area (Å²) >= 11 is 3.28. The molecule has 2 rings (SSSR count). The molecule has 16 heavy (non-hydrogen) atoms. The lowest BCUT2D eigenvalue weighted by atomic mass is 10.2. The van der Waals surface area contributed by atoms with Crippen LogP contribution in [0.3, 0.4) is 0 Å². The van der Waals surface area contributed by atoms with E-state index in [2.05, 4.69) is 26.2 Å². The van der Waals surface area contributed by atoms with E-state index in [1.54, 1.807) is 6.07 Å². The maximum Gasteiger partial charge on any atom is 0.253 e. The molecule has 0 spiro atoms. The molecule has 1 saturated heterocycles. The van der Waals surface area contributed by atoms with E-state index in [0.717, 1.165) is 28.8 Å². The number of hydrogen-bond donors (Lipinski definition) is 1. The topological polar surface area (TPSA) is 51.2 Å². The molecule has 5 heteroatoms. The molecule has 1 atom stereocenters. The van der Waals surface area contributed by atoms with Gasteiger partial charge in [-0.15, -0.1) is 0 Å². The maximum absolute atomic E-state index is 11.8. The zero-order valence-corrected chi connectivity index (χ0v) is 10.6. The molecular weight excluding hydrogens is 272 g/mol. The molecule has 2 heterocycles. The van der Waals surface area contributed by atoms with Gasteiger partial charge in [0.1, 0.15) is 10.7 Å². The van der Waals surface area contributed by atoms with Gasteiger partial charge in [0.25, 0.3) is 5.91 Å². The van der Waals surface area contributed by atoms with Gasteiger partial charge in [0.2, 0.25) is 0 Å². The smallest absolute Gasteiger partial charge is 0.253 e. The molecule has 1 unspecified atom stereocenters. The number of halogens is 1. The zero-order valence-electron chi connectivity index (χ0n) is 9.00. The van der Waals surface area contributed by atoms with Crippen molar-refractivity contribution in [2.75, 3.05) is 11.9 Å². The molecule has 1 amide bonds. The second-order valence-corrected chi connectivity index (χ2v) is 4.57. The number of rotatable bonds is 2. The van der Waals surface area contributed by atoms with Gasteiger partial charge >= 0.3 is 0 Å². The Morgan fingerprint density at radius 3 is 3.06 bits per heavy atom. The van der Waals surface area contributed by atoms with Crippen LogP contribution < -0.4 is 5.32 Å². The lowest BCUT2D eigenvalue weighted by molar-refractivity contribution is -0.124. The van der Waals surface area contributed by atoms with Crippen LogP contribution in [0.5, 0.6) is 0 Å². The third kappa shape index (κ3) is 2.59. The monoisotopic (exact) mass is 284 g/mol. The first-order chi connectivity index (χ1) is 7.66. The summed E-state index contributed by atoms with van der Waals surface area (Å²) in [7, 11) is 0. The van der Waals surface area contributed by atoms with Crippen molar-refractivity contribution in [2.24, 2.45) is 0 Å². The second-order valence-electron chi connectivity index (χ2n) is 3.76. The molecule has 0 aromatic carbocycles. The van der Waals surface area contributed by atoms with Crippen LogP contribution in [0.15, 0.2) is 16.7 Å². The highest BCUT2D eigenvalue weighted by Crippen LogP contribution is 2.18. The van der Waals surface area contributed by atoms with Crippen LogP contribution in [0.2, 0.25) is 0 Å². The molecule has 86 valence electrons. The van der Waals surface area contributed by atoms with Crippen molar-refractivity contribution in [2.45, 2.75) is 25.9 Å². The molecular formula is C11H13BrN2O2. The van der Waals surface area contributed by atoms with Gasteiger partial charge in [-0.25, -0.2) is 4.98 Å². The summed E-state index contributed by atoms with van der Waals surface area (Å²) in [5.41, 5.74) is 1.53. The SMILES string of the molecule is Cc1nc(Br)ccc1NC(=O)C1CCCO1. The van der Waals surface area contributed by atoms with Gasteiger partial charge in [0.05, 0.1) is 11.4 Å². The summed E-state index contributed by atoms with van der Waals surface area (Å²) < 4.78 is 6.07. The molecule has 0 bridgehead atoms. The highest BCUT2D eigenvalue weighted by atomic mass is 79.9. The number of aryl methyl sites for hydroxylation is 1. The van der Waals surface area contributed by atoms with Gasteiger partial charge in [-0.05, 0) is 47.8 Å². The van der Waals surface area contributed by atoms with Crippen LogP contribution in [-0.4, -0.2) is 23.6 Å². The molecule has 0 radical (unpaired) electrons. The Labute approximate surface area is 103 Å². The van der Waals surface area contributed by atoms with Gasteiger partial charge < -0.3 is 10.1 Å². The minimum Gasteiger partial charge on any atom is -0.368 e. The number of amides is 1. The lowest BCUT2D eigenvalue weighted by Gasteiger charge is -2.11. The van der Waals surface area contributed by atoms with Crippen LogP contribution in [0, 0.1) is 6.92 Å². The standard InChI is InChI=1S/C11H13BrN2O2/c1-7-8(4-5-10(12)13-7)14-11(15)9-3-2-6-16-9/h4-5,9H,2-3,6H2,1H3,(H,14,15). The average Bonchev–Trinajstić information content (AvgIpc) is 2.75. The van der Waals surface area contributed by atoms with Crippen molar-refractivity contribution in [3.8, 4) is 0 Å². The van der Waals surface area contributed by atoms with Gasteiger partial charge in [0, 0.05) is 6.61 Å². The van der Waals surface area contributed by atoms with Crippen molar-refractivity contribution in [1.82, 2.24) is 4.98 Å². The molecule has 0 saturated carbocycles. The third-order valence-electron chi connectivity index (χ3n) is 2.53. The fourth-order valence-corrected chi connectivity index (χ4v) is 2.06. The van der Waals surface area contributed by atoms with E-state index in [-0.39, 0.29) is 12.0 Å². The molecule has 1 aliphatic rings. The summed E-state index contributed by atoms with van der Waals surface area (Å²) in [5.74, 6) is -0.0790. The van der Waals surface area contributed by atoms with Gasteiger partial charge in [-0.3, -0.25) is 4.79 Å². The van der Waals surface area contributed by atoms with Crippen molar-refractivity contribution in [1.29, 1.82) is 0 Å². The van der Waals surface area contributed by atoms with E-state index in [9.17, 15) is 4.79 Å².